The Morgan fingerprint density at radius 1 is 1.39 bits per heavy atom. The van der Waals surface area contributed by atoms with Gasteiger partial charge in [-0.15, -0.1) is 0 Å². The van der Waals surface area contributed by atoms with E-state index in [1.807, 2.05) is 16.8 Å². The minimum atomic E-state index is -0.149. The van der Waals surface area contributed by atoms with Crippen molar-refractivity contribution in [3.63, 3.8) is 0 Å². The van der Waals surface area contributed by atoms with Crippen LogP contribution in [0.5, 0.6) is 5.75 Å². The Hall–Kier alpha value is -2.01. The van der Waals surface area contributed by atoms with Gasteiger partial charge in [-0.05, 0) is 34.5 Å². The van der Waals surface area contributed by atoms with Gasteiger partial charge in [-0.3, -0.25) is 4.79 Å². The third kappa shape index (κ3) is 3.78. The van der Waals surface area contributed by atoms with Gasteiger partial charge in [-0.1, -0.05) is 6.07 Å². The summed E-state index contributed by atoms with van der Waals surface area (Å²) in [7, 11) is 0. The summed E-state index contributed by atoms with van der Waals surface area (Å²) in [5.74, 6) is 0.448. The minimum absolute atomic E-state index is 0.00636. The number of carbonyl (C=O) groups is 1. The van der Waals surface area contributed by atoms with Gasteiger partial charge in [0.2, 0.25) is 0 Å². The second kappa shape index (κ2) is 6.07. The number of hydrogen-bond acceptors (Lipinski definition) is 4. The van der Waals surface area contributed by atoms with Crippen LogP contribution in [0.3, 0.4) is 0 Å². The lowest BCUT2D eigenvalue weighted by Crippen LogP contribution is -2.28. The molecule has 1 amide bonds. The number of amides is 1. The SMILES string of the molecule is Nc1cccc(OCC(=O)NCc2ccsc2)c1. The highest BCUT2D eigenvalue weighted by Gasteiger charge is 2.03. The molecule has 0 radical (unpaired) electrons. The summed E-state index contributed by atoms with van der Waals surface area (Å²) < 4.78 is 5.33. The molecule has 0 aliphatic rings. The van der Waals surface area contributed by atoms with Crippen LogP contribution in [0.4, 0.5) is 5.69 Å². The molecule has 0 aliphatic carbocycles. The van der Waals surface area contributed by atoms with E-state index in [1.54, 1.807) is 35.6 Å². The van der Waals surface area contributed by atoms with Crippen LogP contribution in [0.1, 0.15) is 5.56 Å². The fourth-order valence-electron chi connectivity index (χ4n) is 1.40. The molecule has 2 rings (SSSR count). The van der Waals surface area contributed by atoms with Gasteiger partial charge in [0.15, 0.2) is 6.61 Å². The zero-order valence-electron chi connectivity index (χ0n) is 9.76. The van der Waals surface area contributed by atoms with Gasteiger partial charge in [0.1, 0.15) is 5.75 Å². The molecule has 0 bridgehead atoms. The number of thiophene rings is 1. The fourth-order valence-corrected chi connectivity index (χ4v) is 2.07. The van der Waals surface area contributed by atoms with Gasteiger partial charge < -0.3 is 15.8 Å². The monoisotopic (exact) mass is 262 g/mol. The Morgan fingerprint density at radius 3 is 3.00 bits per heavy atom. The lowest BCUT2D eigenvalue weighted by Gasteiger charge is -2.07. The average molecular weight is 262 g/mol. The van der Waals surface area contributed by atoms with Crippen molar-refractivity contribution in [1.29, 1.82) is 0 Å². The number of benzene rings is 1. The van der Waals surface area contributed by atoms with Gasteiger partial charge in [0, 0.05) is 18.3 Å². The molecular formula is C13H14N2O2S. The van der Waals surface area contributed by atoms with Gasteiger partial charge in [0.25, 0.3) is 5.91 Å². The number of carbonyl (C=O) groups excluding carboxylic acids is 1. The van der Waals surface area contributed by atoms with E-state index >= 15 is 0 Å². The number of rotatable bonds is 5. The third-order valence-corrected chi connectivity index (χ3v) is 3.03. The number of nitrogen functional groups attached to an aromatic ring is 1. The first-order valence-electron chi connectivity index (χ1n) is 5.50. The van der Waals surface area contributed by atoms with Crippen molar-refractivity contribution < 1.29 is 9.53 Å². The van der Waals surface area contributed by atoms with Crippen molar-refractivity contribution in [2.75, 3.05) is 12.3 Å². The maximum absolute atomic E-state index is 11.5. The smallest absolute Gasteiger partial charge is 0.258 e. The lowest BCUT2D eigenvalue weighted by atomic mass is 10.3. The molecule has 0 unspecified atom stereocenters. The van der Waals surface area contributed by atoms with E-state index in [-0.39, 0.29) is 12.5 Å². The van der Waals surface area contributed by atoms with Crippen LogP contribution in [-0.2, 0) is 11.3 Å². The van der Waals surface area contributed by atoms with Gasteiger partial charge >= 0.3 is 0 Å². The normalized spacial score (nSPS) is 10.0. The van der Waals surface area contributed by atoms with Crippen molar-refractivity contribution >= 4 is 22.9 Å². The van der Waals surface area contributed by atoms with E-state index in [1.165, 1.54) is 0 Å². The fraction of sp³-hybridized carbons (Fsp3) is 0.154. The topological polar surface area (TPSA) is 64.3 Å². The van der Waals surface area contributed by atoms with Crippen LogP contribution in [0.2, 0.25) is 0 Å². The first kappa shape index (κ1) is 12.4. The van der Waals surface area contributed by atoms with E-state index in [2.05, 4.69) is 5.32 Å². The van der Waals surface area contributed by atoms with Crippen molar-refractivity contribution in [1.82, 2.24) is 5.32 Å². The molecule has 5 heteroatoms. The van der Waals surface area contributed by atoms with E-state index in [0.29, 0.717) is 18.0 Å². The zero-order chi connectivity index (χ0) is 12.8. The van der Waals surface area contributed by atoms with Crippen LogP contribution in [0.25, 0.3) is 0 Å². The first-order valence-corrected chi connectivity index (χ1v) is 6.44. The molecule has 1 heterocycles. The molecular weight excluding hydrogens is 248 g/mol. The Morgan fingerprint density at radius 2 is 2.28 bits per heavy atom. The molecule has 1 aromatic heterocycles. The summed E-state index contributed by atoms with van der Waals surface area (Å²) in [6.45, 7) is 0.524. The highest BCUT2D eigenvalue weighted by Crippen LogP contribution is 2.14. The van der Waals surface area contributed by atoms with Crippen LogP contribution in [0, 0.1) is 0 Å². The molecule has 18 heavy (non-hydrogen) atoms. The number of nitrogens with one attached hydrogen (secondary N) is 1. The largest absolute Gasteiger partial charge is 0.484 e. The predicted molar refractivity (Wildman–Crippen MR) is 72.5 cm³/mol. The second-order valence-corrected chi connectivity index (χ2v) is 4.55. The highest BCUT2D eigenvalue weighted by atomic mass is 32.1. The molecule has 0 spiro atoms. The molecule has 94 valence electrons. The molecule has 0 fully saturated rings. The molecule has 2 aromatic rings. The minimum Gasteiger partial charge on any atom is -0.484 e. The van der Waals surface area contributed by atoms with Crippen molar-refractivity contribution in [2.45, 2.75) is 6.54 Å². The molecule has 0 atom stereocenters. The van der Waals surface area contributed by atoms with Crippen LogP contribution < -0.4 is 15.8 Å². The Labute approximate surface area is 109 Å². The Bertz CT molecular complexity index is 511. The lowest BCUT2D eigenvalue weighted by molar-refractivity contribution is -0.123. The summed E-state index contributed by atoms with van der Waals surface area (Å²) >= 11 is 1.61. The molecule has 0 aliphatic heterocycles. The maximum atomic E-state index is 11.5. The summed E-state index contributed by atoms with van der Waals surface area (Å²) in [5, 5.41) is 6.76. The van der Waals surface area contributed by atoms with Gasteiger partial charge in [0.05, 0.1) is 0 Å². The number of nitrogens with two attached hydrogens (primary N) is 1. The average Bonchev–Trinajstić information content (AvgIpc) is 2.87. The van der Waals surface area contributed by atoms with E-state index in [0.717, 1.165) is 5.56 Å². The highest BCUT2D eigenvalue weighted by molar-refractivity contribution is 7.07. The maximum Gasteiger partial charge on any atom is 0.258 e. The van der Waals surface area contributed by atoms with E-state index in [9.17, 15) is 4.79 Å². The zero-order valence-corrected chi connectivity index (χ0v) is 10.6. The number of ether oxygens (including phenoxy) is 1. The first-order chi connectivity index (χ1) is 8.74. The molecule has 4 nitrogen and oxygen atoms in total. The third-order valence-electron chi connectivity index (χ3n) is 2.30. The quantitative estimate of drug-likeness (QED) is 0.810. The van der Waals surface area contributed by atoms with Gasteiger partial charge in [-0.2, -0.15) is 11.3 Å². The standard InChI is InChI=1S/C13H14N2O2S/c14-11-2-1-3-12(6-11)17-8-13(16)15-7-10-4-5-18-9-10/h1-6,9H,7-8,14H2,(H,15,16). The molecule has 0 saturated carbocycles. The summed E-state index contributed by atoms with van der Waals surface area (Å²) in [5.41, 5.74) is 7.32. The summed E-state index contributed by atoms with van der Waals surface area (Å²) in [6.07, 6.45) is 0. The summed E-state index contributed by atoms with van der Waals surface area (Å²) in [6, 6.07) is 8.98. The van der Waals surface area contributed by atoms with E-state index in [4.69, 9.17) is 10.5 Å². The van der Waals surface area contributed by atoms with Gasteiger partial charge in [-0.25, -0.2) is 0 Å². The van der Waals surface area contributed by atoms with Crippen LogP contribution >= 0.6 is 11.3 Å². The van der Waals surface area contributed by atoms with Crippen molar-refractivity contribution in [3.05, 3.63) is 46.7 Å². The second-order valence-electron chi connectivity index (χ2n) is 3.77. The molecule has 3 N–H and O–H groups in total. The van der Waals surface area contributed by atoms with E-state index < -0.39 is 0 Å². The predicted octanol–water partition coefficient (Wildman–Crippen LogP) is 2.03. The van der Waals surface area contributed by atoms with Crippen LogP contribution in [-0.4, -0.2) is 12.5 Å². The van der Waals surface area contributed by atoms with Crippen LogP contribution in [0.15, 0.2) is 41.1 Å². The van der Waals surface area contributed by atoms with Crippen molar-refractivity contribution in [2.24, 2.45) is 0 Å². The Kier molecular flexibility index (Phi) is 4.20. The summed E-state index contributed by atoms with van der Waals surface area (Å²) in [4.78, 5) is 11.5. The number of anilines is 1. The molecule has 1 aromatic carbocycles. The molecule has 0 saturated heterocycles. The number of hydrogen-bond donors (Lipinski definition) is 2. The Balaban J connectivity index is 1.75. The van der Waals surface area contributed by atoms with Crippen molar-refractivity contribution in [3.8, 4) is 5.75 Å².